The van der Waals surface area contributed by atoms with E-state index in [1.54, 1.807) is 0 Å². The standard InChI is InChI=1S/C12H15N3SSe/c1-8-9(6-3-7-16-8)13-10-4-2-5-11-12(10)15-17-14-11/h2,4-5,8-9,13H,3,6-7H2,1H3. The van der Waals surface area contributed by atoms with Gasteiger partial charge in [0, 0.05) is 0 Å². The first-order valence-corrected chi connectivity index (χ1v) is 8.52. The molecular weight excluding hydrogens is 297 g/mol. The molecule has 2 heterocycles. The molecule has 0 amide bonds. The molecule has 5 heteroatoms. The third-order valence-electron chi connectivity index (χ3n) is 3.23. The van der Waals surface area contributed by atoms with Gasteiger partial charge in [-0.1, -0.05) is 0 Å². The molecule has 0 aromatic heterocycles. The SMILES string of the molecule is CC1SCCCC1Nc1cccc2c1N=[Se]=N2. The van der Waals surface area contributed by atoms with Crippen LogP contribution in [0.4, 0.5) is 17.1 Å². The molecule has 2 atom stereocenters. The summed E-state index contributed by atoms with van der Waals surface area (Å²) in [6, 6.07) is 6.83. The van der Waals surface area contributed by atoms with Crippen molar-refractivity contribution < 1.29 is 0 Å². The van der Waals surface area contributed by atoms with E-state index in [1.165, 1.54) is 24.3 Å². The first kappa shape index (κ1) is 11.6. The zero-order valence-electron chi connectivity index (χ0n) is 9.72. The summed E-state index contributed by atoms with van der Waals surface area (Å²) < 4.78 is 8.94. The van der Waals surface area contributed by atoms with Crippen LogP contribution in [0.5, 0.6) is 0 Å². The number of anilines is 1. The van der Waals surface area contributed by atoms with Gasteiger partial charge in [-0.15, -0.1) is 0 Å². The molecule has 2 aliphatic rings. The second-order valence-corrected chi connectivity index (χ2v) is 7.00. The van der Waals surface area contributed by atoms with E-state index < -0.39 is 0 Å². The third kappa shape index (κ3) is 2.37. The minimum absolute atomic E-state index is 0.0625. The number of rotatable bonds is 2. The van der Waals surface area contributed by atoms with Gasteiger partial charge in [-0.05, 0) is 0 Å². The van der Waals surface area contributed by atoms with Gasteiger partial charge in [-0.25, -0.2) is 0 Å². The summed E-state index contributed by atoms with van der Waals surface area (Å²) in [6.45, 7) is 2.32. The van der Waals surface area contributed by atoms with Crippen LogP contribution >= 0.6 is 11.8 Å². The Hall–Kier alpha value is -0.511. The Morgan fingerprint density at radius 3 is 3.24 bits per heavy atom. The van der Waals surface area contributed by atoms with Crippen LogP contribution in [0.25, 0.3) is 0 Å². The quantitative estimate of drug-likeness (QED) is 0.858. The summed E-state index contributed by atoms with van der Waals surface area (Å²) in [4.78, 5) is 0. The molecular formula is C12H15N3SSe. The molecule has 0 aliphatic carbocycles. The second-order valence-electron chi connectivity index (χ2n) is 4.41. The summed E-state index contributed by atoms with van der Waals surface area (Å²) in [5.74, 6) is 1.30. The Morgan fingerprint density at radius 2 is 2.35 bits per heavy atom. The predicted octanol–water partition coefficient (Wildman–Crippen LogP) is 3.73. The van der Waals surface area contributed by atoms with Crippen molar-refractivity contribution in [2.45, 2.75) is 31.1 Å². The normalized spacial score (nSPS) is 26.4. The van der Waals surface area contributed by atoms with Crippen LogP contribution in [0.2, 0.25) is 0 Å². The second kappa shape index (κ2) is 5.01. The van der Waals surface area contributed by atoms with E-state index >= 15 is 0 Å². The number of hydrogen-bond donors (Lipinski definition) is 1. The fourth-order valence-electron chi connectivity index (χ4n) is 2.24. The first-order chi connectivity index (χ1) is 8.34. The molecule has 2 aliphatic heterocycles. The molecule has 3 nitrogen and oxygen atoms in total. The van der Waals surface area contributed by atoms with E-state index in [0.717, 1.165) is 11.4 Å². The summed E-state index contributed by atoms with van der Waals surface area (Å²) in [6.07, 6.45) is 2.58. The number of benzene rings is 1. The number of hydrogen-bond acceptors (Lipinski definition) is 4. The van der Waals surface area contributed by atoms with Crippen molar-refractivity contribution in [3.63, 3.8) is 0 Å². The topological polar surface area (TPSA) is 36.8 Å². The Bertz CT molecular complexity index is 497. The van der Waals surface area contributed by atoms with Gasteiger partial charge in [0.05, 0.1) is 0 Å². The van der Waals surface area contributed by atoms with Gasteiger partial charge in [-0.3, -0.25) is 0 Å². The van der Waals surface area contributed by atoms with E-state index in [-0.39, 0.29) is 14.6 Å². The zero-order chi connectivity index (χ0) is 11.7. The van der Waals surface area contributed by atoms with Crippen molar-refractivity contribution >= 4 is 43.4 Å². The minimum atomic E-state index is 0.0625. The van der Waals surface area contributed by atoms with E-state index in [0.29, 0.717) is 11.3 Å². The average molecular weight is 312 g/mol. The molecule has 3 rings (SSSR count). The third-order valence-corrected chi connectivity index (χ3v) is 5.75. The molecule has 0 radical (unpaired) electrons. The molecule has 1 fully saturated rings. The fraction of sp³-hybridized carbons (Fsp3) is 0.500. The van der Waals surface area contributed by atoms with Gasteiger partial charge in [0.2, 0.25) is 0 Å². The molecule has 1 aromatic rings. The van der Waals surface area contributed by atoms with E-state index in [4.69, 9.17) is 0 Å². The Morgan fingerprint density at radius 1 is 1.41 bits per heavy atom. The summed E-state index contributed by atoms with van der Waals surface area (Å²) in [5, 5.41) is 4.35. The van der Waals surface area contributed by atoms with Crippen LogP contribution in [0.3, 0.4) is 0 Å². The summed E-state index contributed by atoms with van der Waals surface area (Å²) >= 11 is 2.13. The Balaban J connectivity index is 1.81. The molecule has 17 heavy (non-hydrogen) atoms. The van der Waals surface area contributed by atoms with Crippen LogP contribution < -0.4 is 5.32 Å². The van der Waals surface area contributed by atoms with Crippen molar-refractivity contribution in [1.82, 2.24) is 0 Å². The number of fused-ring (bicyclic) bond motifs is 1. The number of thioether (sulfide) groups is 1. The van der Waals surface area contributed by atoms with E-state index in [2.05, 4.69) is 50.1 Å². The van der Waals surface area contributed by atoms with Crippen molar-refractivity contribution in [1.29, 1.82) is 0 Å². The van der Waals surface area contributed by atoms with Crippen molar-refractivity contribution in [3.8, 4) is 0 Å². The van der Waals surface area contributed by atoms with Crippen molar-refractivity contribution in [2.24, 2.45) is 7.92 Å². The van der Waals surface area contributed by atoms with Crippen LogP contribution in [-0.4, -0.2) is 31.6 Å². The van der Waals surface area contributed by atoms with Crippen molar-refractivity contribution in [2.75, 3.05) is 11.1 Å². The maximum absolute atomic E-state index is 4.52. The number of nitrogens with one attached hydrogen (secondary N) is 1. The predicted molar refractivity (Wildman–Crippen MR) is 74.9 cm³/mol. The molecule has 2 unspecified atom stereocenters. The molecule has 0 bridgehead atoms. The summed E-state index contributed by atoms with van der Waals surface area (Å²) in [5.41, 5.74) is 3.31. The van der Waals surface area contributed by atoms with Crippen LogP contribution in [0.15, 0.2) is 26.1 Å². The molecule has 0 spiro atoms. The number of nitrogens with zero attached hydrogens (tertiary/aromatic N) is 2. The van der Waals surface area contributed by atoms with Crippen LogP contribution in [-0.2, 0) is 0 Å². The van der Waals surface area contributed by atoms with Gasteiger partial charge in [-0.2, -0.15) is 0 Å². The van der Waals surface area contributed by atoms with Gasteiger partial charge < -0.3 is 0 Å². The van der Waals surface area contributed by atoms with E-state index in [9.17, 15) is 0 Å². The van der Waals surface area contributed by atoms with Crippen LogP contribution in [0.1, 0.15) is 19.8 Å². The first-order valence-electron chi connectivity index (χ1n) is 5.94. The molecule has 1 N–H and O–H groups in total. The summed E-state index contributed by atoms with van der Waals surface area (Å²) in [7, 11) is 0. The molecule has 1 aromatic carbocycles. The van der Waals surface area contributed by atoms with Crippen molar-refractivity contribution in [3.05, 3.63) is 18.2 Å². The average Bonchev–Trinajstić information content (AvgIpc) is 2.81. The molecule has 90 valence electrons. The zero-order valence-corrected chi connectivity index (χ0v) is 12.2. The van der Waals surface area contributed by atoms with Gasteiger partial charge >= 0.3 is 112 Å². The van der Waals surface area contributed by atoms with Crippen LogP contribution in [0, 0.1) is 0 Å². The van der Waals surface area contributed by atoms with Gasteiger partial charge in [0.25, 0.3) is 0 Å². The Kier molecular flexibility index (Phi) is 3.41. The maximum atomic E-state index is 4.52. The monoisotopic (exact) mass is 313 g/mol. The van der Waals surface area contributed by atoms with Gasteiger partial charge in [0.15, 0.2) is 0 Å². The molecule has 1 saturated heterocycles. The van der Waals surface area contributed by atoms with Gasteiger partial charge in [0.1, 0.15) is 0 Å². The molecule has 0 saturated carbocycles. The Labute approximate surface area is 112 Å². The van der Waals surface area contributed by atoms with E-state index in [1.807, 2.05) is 0 Å². The fourth-order valence-corrected chi connectivity index (χ4v) is 4.53.